The fourth-order valence-electron chi connectivity index (χ4n) is 2.56. The summed E-state index contributed by atoms with van der Waals surface area (Å²) >= 11 is 0. The summed E-state index contributed by atoms with van der Waals surface area (Å²) in [7, 11) is 3.64. The first-order valence-electron chi connectivity index (χ1n) is 9.49. The van der Waals surface area contributed by atoms with Gasteiger partial charge in [0.05, 0.1) is 20.2 Å². The molecule has 0 fully saturated rings. The molecule has 1 heterocycles. The van der Waals surface area contributed by atoms with Gasteiger partial charge in [0.2, 0.25) is 0 Å². The van der Waals surface area contributed by atoms with E-state index in [9.17, 15) is 0 Å². The SMILES string of the molecule is COc1ccc(CN=C(NCCCC(C)C)NCc2nnc(C)n2C)cc1.I. The van der Waals surface area contributed by atoms with Gasteiger partial charge in [-0.05, 0) is 43.4 Å². The highest BCUT2D eigenvalue weighted by Gasteiger charge is 2.06. The van der Waals surface area contributed by atoms with Crippen molar-refractivity contribution in [2.24, 2.45) is 18.0 Å². The zero-order valence-corrected chi connectivity index (χ0v) is 19.9. The molecule has 2 aromatic rings. The van der Waals surface area contributed by atoms with Crippen molar-refractivity contribution in [3.8, 4) is 5.75 Å². The van der Waals surface area contributed by atoms with Crippen LogP contribution in [0.3, 0.4) is 0 Å². The van der Waals surface area contributed by atoms with Crippen LogP contribution < -0.4 is 15.4 Å². The van der Waals surface area contributed by atoms with Crippen LogP contribution in [0.15, 0.2) is 29.3 Å². The molecule has 0 spiro atoms. The molecule has 28 heavy (non-hydrogen) atoms. The third-order valence-corrected chi connectivity index (χ3v) is 4.43. The highest BCUT2D eigenvalue weighted by Crippen LogP contribution is 2.11. The molecule has 0 aliphatic heterocycles. The molecule has 0 aliphatic carbocycles. The fourth-order valence-corrected chi connectivity index (χ4v) is 2.56. The van der Waals surface area contributed by atoms with Gasteiger partial charge in [-0.3, -0.25) is 0 Å². The molecule has 156 valence electrons. The number of hydrogen-bond acceptors (Lipinski definition) is 4. The van der Waals surface area contributed by atoms with Crippen LogP contribution >= 0.6 is 24.0 Å². The molecule has 0 bridgehead atoms. The lowest BCUT2D eigenvalue weighted by atomic mass is 10.1. The average molecular weight is 500 g/mol. The summed E-state index contributed by atoms with van der Waals surface area (Å²) in [6.45, 7) is 8.50. The number of hydrogen-bond donors (Lipinski definition) is 2. The smallest absolute Gasteiger partial charge is 0.191 e. The summed E-state index contributed by atoms with van der Waals surface area (Å²) < 4.78 is 7.18. The highest BCUT2D eigenvalue weighted by molar-refractivity contribution is 14.0. The normalized spacial score (nSPS) is 11.3. The summed E-state index contributed by atoms with van der Waals surface area (Å²) in [5.74, 6) is 4.13. The number of guanidine groups is 1. The minimum Gasteiger partial charge on any atom is -0.497 e. The van der Waals surface area contributed by atoms with E-state index in [4.69, 9.17) is 9.73 Å². The minimum atomic E-state index is 0. The van der Waals surface area contributed by atoms with Crippen molar-refractivity contribution in [1.29, 1.82) is 0 Å². The maximum absolute atomic E-state index is 5.20. The van der Waals surface area contributed by atoms with Crippen LogP contribution in [0.4, 0.5) is 0 Å². The summed E-state index contributed by atoms with van der Waals surface area (Å²) in [5, 5.41) is 15.1. The third kappa shape index (κ3) is 8.04. The number of ether oxygens (including phenoxy) is 1. The Morgan fingerprint density at radius 2 is 1.89 bits per heavy atom. The molecular weight excluding hydrogens is 467 g/mol. The number of benzene rings is 1. The maximum atomic E-state index is 5.20. The second-order valence-corrected chi connectivity index (χ2v) is 7.05. The Morgan fingerprint density at radius 1 is 1.18 bits per heavy atom. The van der Waals surface area contributed by atoms with E-state index in [2.05, 4.69) is 34.7 Å². The Hall–Kier alpha value is -1.84. The van der Waals surface area contributed by atoms with Gasteiger partial charge >= 0.3 is 0 Å². The Kier molecular flexibility index (Phi) is 10.9. The van der Waals surface area contributed by atoms with Crippen molar-refractivity contribution in [3.63, 3.8) is 0 Å². The molecule has 1 aromatic carbocycles. The van der Waals surface area contributed by atoms with Crippen molar-refractivity contribution in [2.75, 3.05) is 13.7 Å². The number of methoxy groups -OCH3 is 1. The van der Waals surface area contributed by atoms with Crippen molar-refractivity contribution >= 4 is 29.9 Å². The quantitative estimate of drug-likeness (QED) is 0.239. The molecule has 0 unspecified atom stereocenters. The maximum Gasteiger partial charge on any atom is 0.191 e. The molecule has 0 aliphatic rings. The molecule has 0 atom stereocenters. The molecule has 0 saturated heterocycles. The number of aromatic nitrogens is 3. The van der Waals surface area contributed by atoms with E-state index in [-0.39, 0.29) is 24.0 Å². The lowest BCUT2D eigenvalue weighted by Gasteiger charge is -2.13. The van der Waals surface area contributed by atoms with Crippen molar-refractivity contribution in [2.45, 2.75) is 46.7 Å². The second kappa shape index (κ2) is 12.6. The first kappa shape index (κ1) is 24.2. The van der Waals surface area contributed by atoms with Crippen LogP contribution in [0.5, 0.6) is 5.75 Å². The minimum absolute atomic E-state index is 0. The van der Waals surface area contributed by atoms with Gasteiger partial charge in [0.1, 0.15) is 11.6 Å². The molecular formula is C20H33IN6O. The van der Waals surface area contributed by atoms with Gasteiger partial charge in [-0.1, -0.05) is 26.0 Å². The lowest BCUT2D eigenvalue weighted by Crippen LogP contribution is -2.38. The van der Waals surface area contributed by atoms with Crippen molar-refractivity contribution in [1.82, 2.24) is 25.4 Å². The summed E-state index contributed by atoms with van der Waals surface area (Å²) in [4.78, 5) is 4.71. The predicted octanol–water partition coefficient (Wildman–Crippen LogP) is 3.42. The zero-order chi connectivity index (χ0) is 19.6. The second-order valence-electron chi connectivity index (χ2n) is 7.05. The van der Waals surface area contributed by atoms with Crippen LogP contribution in [0.1, 0.15) is 43.9 Å². The molecule has 2 rings (SSSR count). The number of nitrogens with one attached hydrogen (secondary N) is 2. The predicted molar refractivity (Wildman–Crippen MR) is 124 cm³/mol. The molecule has 0 amide bonds. The van der Waals surface area contributed by atoms with E-state index in [0.717, 1.165) is 41.9 Å². The molecule has 0 radical (unpaired) electrons. The Labute approximate surface area is 185 Å². The zero-order valence-electron chi connectivity index (χ0n) is 17.5. The fraction of sp³-hybridized carbons (Fsp3) is 0.550. The van der Waals surface area contributed by atoms with E-state index < -0.39 is 0 Å². The Balaban J connectivity index is 0.00000392. The van der Waals surface area contributed by atoms with Gasteiger partial charge < -0.3 is 19.9 Å². The van der Waals surface area contributed by atoms with Crippen LogP contribution in [0.25, 0.3) is 0 Å². The number of aryl methyl sites for hydroxylation is 1. The summed E-state index contributed by atoms with van der Waals surface area (Å²) in [6.07, 6.45) is 2.31. The van der Waals surface area contributed by atoms with Gasteiger partial charge in [0.25, 0.3) is 0 Å². The standard InChI is InChI=1S/C20H32N6O.HI/c1-15(2)7-6-12-21-20(23-14-19-25-24-16(3)26(19)4)22-13-17-8-10-18(27-5)11-9-17;/h8-11,15H,6-7,12-14H2,1-5H3,(H2,21,22,23);1H. The number of halogens is 1. The van der Waals surface area contributed by atoms with Crippen molar-refractivity contribution < 1.29 is 4.74 Å². The number of nitrogens with zero attached hydrogens (tertiary/aromatic N) is 4. The topological polar surface area (TPSA) is 76.4 Å². The number of aliphatic imine (C=N–C) groups is 1. The molecule has 7 nitrogen and oxygen atoms in total. The van der Waals surface area contributed by atoms with E-state index >= 15 is 0 Å². The number of rotatable bonds is 9. The third-order valence-electron chi connectivity index (χ3n) is 4.43. The summed E-state index contributed by atoms with van der Waals surface area (Å²) in [6, 6.07) is 7.97. The first-order valence-corrected chi connectivity index (χ1v) is 9.49. The molecule has 0 saturated carbocycles. The average Bonchev–Trinajstić information content (AvgIpc) is 2.99. The Bertz CT molecular complexity index is 727. The highest BCUT2D eigenvalue weighted by atomic mass is 127. The molecule has 8 heteroatoms. The van der Waals surface area contributed by atoms with Crippen molar-refractivity contribution in [3.05, 3.63) is 41.5 Å². The molecule has 2 N–H and O–H groups in total. The lowest BCUT2D eigenvalue weighted by molar-refractivity contribution is 0.414. The van der Waals surface area contributed by atoms with Crippen LogP contribution in [0, 0.1) is 12.8 Å². The van der Waals surface area contributed by atoms with Gasteiger partial charge in [-0.2, -0.15) is 0 Å². The Morgan fingerprint density at radius 3 is 2.46 bits per heavy atom. The van der Waals surface area contributed by atoms with E-state index in [1.54, 1.807) is 7.11 Å². The van der Waals surface area contributed by atoms with Gasteiger partial charge in [0, 0.05) is 13.6 Å². The monoisotopic (exact) mass is 500 g/mol. The van der Waals surface area contributed by atoms with Gasteiger partial charge in [-0.25, -0.2) is 4.99 Å². The summed E-state index contributed by atoms with van der Waals surface area (Å²) in [5.41, 5.74) is 1.13. The largest absolute Gasteiger partial charge is 0.497 e. The van der Waals surface area contributed by atoms with E-state index in [1.807, 2.05) is 42.8 Å². The first-order chi connectivity index (χ1) is 13.0. The van der Waals surface area contributed by atoms with E-state index in [0.29, 0.717) is 19.0 Å². The van der Waals surface area contributed by atoms with Gasteiger partial charge in [0.15, 0.2) is 11.8 Å². The van der Waals surface area contributed by atoms with Gasteiger partial charge in [-0.15, -0.1) is 34.2 Å². The van der Waals surface area contributed by atoms with Crippen LogP contribution in [-0.2, 0) is 20.1 Å². The molecule has 1 aromatic heterocycles. The van der Waals surface area contributed by atoms with Crippen LogP contribution in [0.2, 0.25) is 0 Å². The van der Waals surface area contributed by atoms with E-state index in [1.165, 1.54) is 6.42 Å². The van der Waals surface area contributed by atoms with Crippen LogP contribution in [-0.4, -0.2) is 34.4 Å².